The fourth-order valence-electron chi connectivity index (χ4n) is 2.91. The van der Waals surface area contributed by atoms with Gasteiger partial charge in [-0.25, -0.2) is 0 Å². The second-order valence-electron chi connectivity index (χ2n) is 7.09. The van der Waals surface area contributed by atoms with Crippen molar-refractivity contribution in [2.45, 2.75) is 78.9 Å². The van der Waals surface area contributed by atoms with Crippen molar-refractivity contribution in [2.24, 2.45) is 23.0 Å². The van der Waals surface area contributed by atoms with Gasteiger partial charge in [0.05, 0.1) is 6.10 Å². The van der Waals surface area contributed by atoms with Gasteiger partial charge in [0.25, 0.3) is 0 Å². The second kappa shape index (κ2) is 6.91. The van der Waals surface area contributed by atoms with E-state index in [4.69, 9.17) is 10.5 Å². The van der Waals surface area contributed by atoms with Gasteiger partial charge in [0.1, 0.15) is 0 Å². The Labute approximate surface area is 114 Å². The molecule has 1 aliphatic rings. The molecule has 108 valence electrons. The van der Waals surface area contributed by atoms with Crippen molar-refractivity contribution in [1.29, 1.82) is 0 Å². The number of ether oxygens (including phenoxy) is 1. The average molecular weight is 255 g/mol. The van der Waals surface area contributed by atoms with Crippen LogP contribution in [-0.2, 0) is 4.74 Å². The van der Waals surface area contributed by atoms with E-state index >= 15 is 0 Å². The van der Waals surface area contributed by atoms with Gasteiger partial charge in [-0.3, -0.25) is 0 Å². The standard InChI is InChI=1S/C16H33NO/c1-6-12(7-2)11-18-15-10-13(16(3,4)5)8-9-14(15)17/h12-15H,6-11,17H2,1-5H3. The third kappa shape index (κ3) is 4.55. The zero-order chi connectivity index (χ0) is 13.8. The Morgan fingerprint density at radius 1 is 1.17 bits per heavy atom. The van der Waals surface area contributed by atoms with Crippen LogP contribution in [0.4, 0.5) is 0 Å². The molecule has 0 heterocycles. The van der Waals surface area contributed by atoms with Crippen LogP contribution >= 0.6 is 0 Å². The average Bonchev–Trinajstić information content (AvgIpc) is 2.31. The monoisotopic (exact) mass is 255 g/mol. The van der Waals surface area contributed by atoms with E-state index in [0.29, 0.717) is 11.3 Å². The summed E-state index contributed by atoms with van der Waals surface area (Å²) in [5.74, 6) is 1.45. The summed E-state index contributed by atoms with van der Waals surface area (Å²) in [4.78, 5) is 0. The molecular weight excluding hydrogens is 222 g/mol. The molecule has 0 amide bonds. The predicted molar refractivity (Wildman–Crippen MR) is 78.6 cm³/mol. The van der Waals surface area contributed by atoms with Gasteiger partial charge in [0.15, 0.2) is 0 Å². The van der Waals surface area contributed by atoms with Gasteiger partial charge < -0.3 is 10.5 Å². The van der Waals surface area contributed by atoms with E-state index in [-0.39, 0.29) is 12.1 Å². The van der Waals surface area contributed by atoms with Crippen LogP contribution in [0, 0.1) is 17.3 Å². The van der Waals surface area contributed by atoms with Crippen molar-refractivity contribution in [2.75, 3.05) is 6.61 Å². The molecule has 0 aromatic rings. The first kappa shape index (κ1) is 16.0. The van der Waals surface area contributed by atoms with Crippen LogP contribution in [0.1, 0.15) is 66.7 Å². The van der Waals surface area contributed by atoms with E-state index in [9.17, 15) is 0 Å². The van der Waals surface area contributed by atoms with Crippen molar-refractivity contribution in [3.63, 3.8) is 0 Å². The summed E-state index contributed by atoms with van der Waals surface area (Å²) >= 11 is 0. The molecule has 0 aromatic carbocycles. The molecule has 1 saturated carbocycles. The minimum absolute atomic E-state index is 0.248. The Bertz CT molecular complexity index is 230. The van der Waals surface area contributed by atoms with Gasteiger partial charge in [-0.1, -0.05) is 47.5 Å². The Morgan fingerprint density at radius 3 is 2.28 bits per heavy atom. The van der Waals surface area contributed by atoms with Crippen LogP contribution in [0.2, 0.25) is 0 Å². The van der Waals surface area contributed by atoms with Crippen LogP contribution in [0.15, 0.2) is 0 Å². The molecule has 0 spiro atoms. The van der Waals surface area contributed by atoms with E-state index in [2.05, 4.69) is 34.6 Å². The SMILES string of the molecule is CCC(CC)COC1CC(C(C)(C)C)CCC1N. The fraction of sp³-hybridized carbons (Fsp3) is 1.00. The van der Waals surface area contributed by atoms with Gasteiger partial charge >= 0.3 is 0 Å². The molecule has 2 nitrogen and oxygen atoms in total. The van der Waals surface area contributed by atoms with Crippen LogP contribution in [0.5, 0.6) is 0 Å². The lowest BCUT2D eigenvalue weighted by atomic mass is 9.70. The Kier molecular flexibility index (Phi) is 6.13. The predicted octanol–water partition coefficient (Wildman–Crippen LogP) is 3.98. The lowest BCUT2D eigenvalue weighted by Crippen LogP contribution is -2.45. The van der Waals surface area contributed by atoms with E-state index in [1.807, 2.05) is 0 Å². The van der Waals surface area contributed by atoms with Gasteiger partial charge in [0.2, 0.25) is 0 Å². The summed E-state index contributed by atoms with van der Waals surface area (Å²) in [6, 6.07) is 0.248. The quantitative estimate of drug-likeness (QED) is 0.806. The minimum Gasteiger partial charge on any atom is -0.376 e. The maximum Gasteiger partial charge on any atom is 0.0728 e. The third-order valence-corrected chi connectivity index (χ3v) is 4.77. The van der Waals surface area contributed by atoms with Crippen LogP contribution in [-0.4, -0.2) is 18.8 Å². The Morgan fingerprint density at radius 2 is 1.78 bits per heavy atom. The highest BCUT2D eigenvalue weighted by atomic mass is 16.5. The fourth-order valence-corrected chi connectivity index (χ4v) is 2.91. The maximum absolute atomic E-state index is 6.23. The van der Waals surface area contributed by atoms with Gasteiger partial charge in [0, 0.05) is 12.6 Å². The van der Waals surface area contributed by atoms with E-state index < -0.39 is 0 Å². The normalized spacial score (nSPS) is 29.8. The summed E-state index contributed by atoms with van der Waals surface area (Å²) in [5.41, 5.74) is 6.61. The Balaban J connectivity index is 2.47. The highest BCUT2D eigenvalue weighted by Crippen LogP contribution is 2.38. The Hall–Kier alpha value is -0.0800. The van der Waals surface area contributed by atoms with Crippen molar-refractivity contribution >= 4 is 0 Å². The van der Waals surface area contributed by atoms with E-state index in [0.717, 1.165) is 25.4 Å². The van der Waals surface area contributed by atoms with E-state index in [1.54, 1.807) is 0 Å². The molecule has 0 saturated heterocycles. The smallest absolute Gasteiger partial charge is 0.0728 e. The highest BCUT2D eigenvalue weighted by molar-refractivity contribution is 4.88. The number of hydrogen-bond donors (Lipinski definition) is 1. The zero-order valence-corrected chi connectivity index (χ0v) is 13.0. The first-order valence-electron chi connectivity index (χ1n) is 7.75. The van der Waals surface area contributed by atoms with Crippen molar-refractivity contribution in [3.05, 3.63) is 0 Å². The number of rotatable bonds is 5. The lowest BCUT2D eigenvalue weighted by Gasteiger charge is -2.40. The van der Waals surface area contributed by atoms with Crippen molar-refractivity contribution in [1.82, 2.24) is 0 Å². The molecule has 3 atom stereocenters. The maximum atomic E-state index is 6.23. The van der Waals surface area contributed by atoms with Gasteiger partial charge in [-0.15, -0.1) is 0 Å². The molecule has 0 radical (unpaired) electrons. The van der Waals surface area contributed by atoms with Crippen LogP contribution in [0.25, 0.3) is 0 Å². The lowest BCUT2D eigenvalue weighted by molar-refractivity contribution is -0.0335. The van der Waals surface area contributed by atoms with Crippen molar-refractivity contribution in [3.8, 4) is 0 Å². The molecule has 0 aliphatic heterocycles. The topological polar surface area (TPSA) is 35.2 Å². The van der Waals surface area contributed by atoms with Crippen LogP contribution < -0.4 is 5.73 Å². The summed E-state index contributed by atoms with van der Waals surface area (Å²) in [5, 5.41) is 0. The van der Waals surface area contributed by atoms with E-state index in [1.165, 1.54) is 19.3 Å². The number of hydrogen-bond acceptors (Lipinski definition) is 2. The summed E-state index contributed by atoms with van der Waals surface area (Å²) in [6.45, 7) is 12.4. The number of nitrogens with two attached hydrogens (primary N) is 1. The summed E-state index contributed by atoms with van der Waals surface area (Å²) in [6.07, 6.45) is 6.22. The molecular formula is C16H33NO. The molecule has 3 unspecified atom stereocenters. The molecule has 2 heteroatoms. The van der Waals surface area contributed by atoms with Crippen LogP contribution in [0.3, 0.4) is 0 Å². The van der Waals surface area contributed by atoms with Gasteiger partial charge in [-0.2, -0.15) is 0 Å². The summed E-state index contributed by atoms with van der Waals surface area (Å²) in [7, 11) is 0. The van der Waals surface area contributed by atoms with Gasteiger partial charge in [-0.05, 0) is 36.5 Å². The second-order valence-corrected chi connectivity index (χ2v) is 7.09. The molecule has 0 aromatic heterocycles. The first-order valence-corrected chi connectivity index (χ1v) is 7.75. The molecule has 1 fully saturated rings. The van der Waals surface area contributed by atoms with Crippen molar-refractivity contribution < 1.29 is 4.74 Å². The minimum atomic E-state index is 0.248. The molecule has 2 N–H and O–H groups in total. The zero-order valence-electron chi connectivity index (χ0n) is 13.0. The molecule has 0 bridgehead atoms. The molecule has 18 heavy (non-hydrogen) atoms. The summed E-state index contributed by atoms with van der Waals surface area (Å²) < 4.78 is 6.14. The largest absolute Gasteiger partial charge is 0.376 e. The molecule has 1 rings (SSSR count). The molecule has 1 aliphatic carbocycles. The highest BCUT2D eigenvalue weighted by Gasteiger charge is 2.35. The first-order chi connectivity index (χ1) is 8.38. The third-order valence-electron chi connectivity index (χ3n) is 4.77.